The van der Waals surface area contributed by atoms with E-state index in [-0.39, 0.29) is 6.04 Å². The Balaban J connectivity index is 1.98. The number of aryl methyl sites for hydroxylation is 4. The Kier molecular flexibility index (Phi) is 7.93. The van der Waals surface area contributed by atoms with Gasteiger partial charge in [-0.2, -0.15) is 6.07 Å². The second-order valence-corrected chi connectivity index (χ2v) is 11.9. The van der Waals surface area contributed by atoms with Crippen molar-refractivity contribution in [2.24, 2.45) is 0 Å². The maximum atomic E-state index is 5.71. The zero-order valence-corrected chi connectivity index (χ0v) is 23.6. The van der Waals surface area contributed by atoms with Gasteiger partial charge in [0.25, 0.3) is 0 Å². The molecule has 0 aliphatic heterocycles. The smallest absolute Gasteiger partial charge is 0.124 e. The highest BCUT2D eigenvalue weighted by molar-refractivity contribution is 7.80. The van der Waals surface area contributed by atoms with Gasteiger partial charge in [0, 0.05) is 6.04 Å². The van der Waals surface area contributed by atoms with Crippen LogP contribution >= 0.6 is 7.92 Å². The number of ether oxygens (including phenoxy) is 2. The monoisotopic (exact) mass is 498 g/mol. The first-order valence-corrected chi connectivity index (χ1v) is 13.7. The molecule has 0 unspecified atom stereocenters. The van der Waals surface area contributed by atoms with Gasteiger partial charge >= 0.3 is 0 Å². The number of methoxy groups -OCH3 is 2. The second-order valence-electron chi connectivity index (χ2n) is 9.70. The van der Waals surface area contributed by atoms with Gasteiger partial charge in [0.2, 0.25) is 0 Å². The van der Waals surface area contributed by atoms with E-state index in [0.717, 1.165) is 11.5 Å². The molecule has 36 heavy (non-hydrogen) atoms. The van der Waals surface area contributed by atoms with Crippen LogP contribution in [-0.4, -0.2) is 33.2 Å². The van der Waals surface area contributed by atoms with Crippen LogP contribution in [0.25, 0.3) is 0 Å². The predicted molar refractivity (Wildman–Crippen MR) is 155 cm³/mol. The molecule has 0 aliphatic carbocycles. The first-order valence-electron chi connectivity index (χ1n) is 12.3. The van der Waals surface area contributed by atoms with Crippen LogP contribution in [0.15, 0.2) is 72.8 Å². The van der Waals surface area contributed by atoms with Crippen LogP contribution in [0.5, 0.6) is 11.5 Å². The van der Waals surface area contributed by atoms with Crippen molar-refractivity contribution in [2.75, 3.05) is 28.3 Å². The number of hydrogen-bond donors (Lipinski definition) is 0. The number of benzene rings is 3. The largest absolute Gasteiger partial charge is 0.496 e. The van der Waals surface area contributed by atoms with Crippen molar-refractivity contribution in [1.82, 2.24) is 4.90 Å². The van der Waals surface area contributed by atoms with Gasteiger partial charge in [0.1, 0.15) is 11.5 Å². The number of hydrogen-bond acceptors (Lipinski definition) is 3. The van der Waals surface area contributed by atoms with E-state index in [2.05, 4.69) is 119 Å². The normalized spacial score (nSPS) is 12.3. The molecule has 4 aromatic carbocycles. The molecule has 4 heteroatoms. The summed E-state index contributed by atoms with van der Waals surface area (Å²) < 4.78 is 11.4. The predicted octanol–water partition coefficient (Wildman–Crippen LogP) is 6.07. The summed E-state index contributed by atoms with van der Waals surface area (Å²) in [6.45, 7) is 8.58. The molecule has 0 saturated heterocycles. The third kappa shape index (κ3) is 4.96. The number of rotatable bonds is 8. The molecule has 0 heterocycles. The van der Waals surface area contributed by atoms with Crippen LogP contribution in [0, 0.1) is 27.7 Å². The van der Waals surface area contributed by atoms with Crippen molar-refractivity contribution < 1.29 is 9.47 Å². The SMILES string of the molecule is COc1c(C)cc(P(c2cc(C)c(OC)c(C)c2)c2ccc[c-]2[C@H](c2ccccc2)N(C)C)cc1C. The first kappa shape index (κ1) is 26.1. The summed E-state index contributed by atoms with van der Waals surface area (Å²) in [6, 6.07) is 27.1. The summed E-state index contributed by atoms with van der Waals surface area (Å²) in [4.78, 5) is 2.32. The van der Waals surface area contributed by atoms with Gasteiger partial charge in [0.15, 0.2) is 0 Å². The molecule has 0 bridgehead atoms. The van der Waals surface area contributed by atoms with Crippen molar-refractivity contribution in [3.05, 3.63) is 106 Å². The van der Waals surface area contributed by atoms with Gasteiger partial charge in [-0.3, -0.25) is 0 Å². The maximum Gasteiger partial charge on any atom is 0.124 e. The Hall–Kier alpha value is -3.00. The van der Waals surface area contributed by atoms with Gasteiger partial charge in [-0.25, -0.2) is 12.1 Å². The molecule has 1 atom stereocenters. The molecule has 0 radical (unpaired) electrons. The highest BCUT2D eigenvalue weighted by atomic mass is 31.1. The lowest BCUT2D eigenvalue weighted by Gasteiger charge is -2.34. The fourth-order valence-corrected chi connectivity index (χ4v) is 8.27. The van der Waals surface area contributed by atoms with Gasteiger partial charge in [-0.05, 0) is 112 Å². The molecule has 0 aromatic heterocycles. The second kappa shape index (κ2) is 10.9. The molecule has 0 aliphatic rings. The van der Waals surface area contributed by atoms with Crippen molar-refractivity contribution >= 4 is 23.8 Å². The fraction of sp³-hybridized carbons (Fsp3) is 0.281. The summed E-state index contributed by atoms with van der Waals surface area (Å²) in [5.74, 6) is 1.93. The zero-order chi connectivity index (χ0) is 26.0. The molecule has 4 rings (SSSR count). The Morgan fingerprint density at radius 3 is 1.58 bits per heavy atom. The fourth-order valence-electron chi connectivity index (χ4n) is 5.43. The highest BCUT2D eigenvalue weighted by Crippen LogP contribution is 2.41. The van der Waals surface area contributed by atoms with E-state index in [9.17, 15) is 0 Å². The molecule has 4 aromatic rings. The minimum Gasteiger partial charge on any atom is -0.496 e. The van der Waals surface area contributed by atoms with Crippen molar-refractivity contribution in [3.63, 3.8) is 0 Å². The van der Waals surface area contributed by atoms with Crippen molar-refractivity contribution in [1.29, 1.82) is 0 Å². The molecule has 0 fully saturated rings. The van der Waals surface area contributed by atoms with E-state index in [0.29, 0.717) is 0 Å². The minimum atomic E-state index is -0.815. The standard InChI is InChI=1S/C32H37NO2P/c1-21-17-26(18-22(2)31(21)34-7)36(27-19-23(3)32(35-8)24(4)20-27)29-16-12-15-28(29)30(33(5)6)25-13-10-9-11-14-25/h9-20,30H,1-8H3/q-1/t30-/m0/s1. The van der Waals surface area contributed by atoms with E-state index < -0.39 is 7.92 Å². The lowest BCUT2D eigenvalue weighted by molar-refractivity contribution is 0.344. The topological polar surface area (TPSA) is 21.7 Å². The van der Waals surface area contributed by atoms with Gasteiger partial charge < -0.3 is 14.4 Å². The van der Waals surface area contributed by atoms with Gasteiger partial charge in [-0.1, -0.05) is 30.3 Å². The lowest BCUT2D eigenvalue weighted by Crippen LogP contribution is -2.29. The molecular formula is C32H37NO2P-. The third-order valence-corrected chi connectivity index (χ3v) is 9.25. The summed E-state index contributed by atoms with van der Waals surface area (Å²) in [5, 5.41) is 4.06. The van der Waals surface area contributed by atoms with Crippen LogP contribution in [0.2, 0.25) is 0 Å². The number of nitrogens with zero attached hydrogens (tertiary/aromatic N) is 1. The Morgan fingerprint density at radius 1 is 0.694 bits per heavy atom. The van der Waals surface area contributed by atoms with E-state index in [4.69, 9.17) is 9.47 Å². The van der Waals surface area contributed by atoms with Crippen LogP contribution in [0.4, 0.5) is 0 Å². The highest BCUT2D eigenvalue weighted by Gasteiger charge is 2.23. The van der Waals surface area contributed by atoms with E-state index in [1.807, 2.05) is 0 Å². The zero-order valence-electron chi connectivity index (χ0n) is 22.7. The molecule has 3 nitrogen and oxygen atoms in total. The van der Waals surface area contributed by atoms with Gasteiger partial charge in [-0.15, -0.1) is 10.9 Å². The molecule has 0 amide bonds. The molecule has 188 valence electrons. The van der Waals surface area contributed by atoms with Crippen LogP contribution in [0.3, 0.4) is 0 Å². The summed E-state index contributed by atoms with van der Waals surface area (Å²) in [5.41, 5.74) is 7.33. The van der Waals surface area contributed by atoms with Crippen molar-refractivity contribution in [2.45, 2.75) is 33.7 Å². The van der Waals surface area contributed by atoms with Crippen LogP contribution in [0.1, 0.15) is 39.4 Å². The Morgan fingerprint density at radius 2 is 1.17 bits per heavy atom. The average Bonchev–Trinajstić information content (AvgIpc) is 3.28. The molecule has 0 spiro atoms. The Bertz CT molecular complexity index is 1230. The Labute approximate surface area is 217 Å². The average molecular weight is 499 g/mol. The van der Waals surface area contributed by atoms with Crippen LogP contribution < -0.4 is 25.4 Å². The maximum absolute atomic E-state index is 5.71. The molecule has 0 N–H and O–H groups in total. The summed E-state index contributed by atoms with van der Waals surface area (Å²) in [6.07, 6.45) is 0. The van der Waals surface area contributed by atoms with E-state index >= 15 is 0 Å². The van der Waals surface area contributed by atoms with Gasteiger partial charge in [0.05, 0.1) is 14.2 Å². The minimum absolute atomic E-state index is 0.169. The van der Waals surface area contributed by atoms with Crippen LogP contribution in [-0.2, 0) is 0 Å². The summed E-state index contributed by atoms with van der Waals surface area (Å²) >= 11 is 0. The van der Waals surface area contributed by atoms with Crippen molar-refractivity contribution in [3.8, 4) is 11.5 Å². The van der Waals surface area contributed by atoms with E-state index in [1.54, 1.807) is 14.2 Å². The third-order valence-electron chi connectivity index (χ3n) is 6.81. The quantitative estimate of drug-likeness (QED) is 0.218. The lowest BCUT2D eigenvalue weighted by atomic mass is 10.00. The molecular weight excluding hydrogens is 461 g/mol. The van der Waals surface area contributed by atoms with E-state index in [1.165, 1.54) is 49.3 Å². The first-order chi connectivity index (χ1) is 17.3. The molecule has 0 saturated carbocycles. The summed E-state index contributed by atoms with van der Waals surface area (Å²) in [7, 11) is 7.03.